The number of hydrogen-bond acceptors (Lipinski definition) is 6. The number of aryl methyl sites for hydroxylation is 1. The summed E-state index contributed by atoms with van der Waals surface area (Å²) in [4.78, 5) is 29.2. The standard InChI is InChI=1S/C32H41N3O6S/c1-8-27(31(37)33-32(3,4)5)34(21-24-12-10-9-11-13-24)30(36)22-35(28-20-25(40-6)16-19-29(28)41-7)42(38,39)26-17-14-23(2)15-18-26/h9-20,27H,8,21-22H2,1-7H3,(H,33,37). The molecule has 3 aromatic carbocycles. The maximum atomic E-state index is 14.3. The molecule has 9 nitrogen and oxygen atoms in total. The third kappa shape index (κ3) is 8.03. The summed E-state index contributed by atoms with van der Waals surface area (Å²) in [5.74, 6) is -0.234. The number of benzene rings is 3. The summed E-state index contributed by atoms with van der Waals surface area (Å²) in [6, 6.07) is 19.6. The van der Waals surface area contributed by atoms with Crippen LogP contribution in [0.4, 0.5) is 5.69 Å². The Bertz CT molecular complexity index is 1470. The summed E-state index contributed by atoms with van der Waals surface area (Å²) in [6.07, 6.45) is 0.327. The van der Waals surface area contributed by atoms with Gasteiger partial charge in [0, 0.05) is 18.2 Å². The Morgan fingerprint density at radius 1 is 0.929 bits per heavy atom. The minimum atomic E-state index is -4.26. The van der Waals surface area contributed by atoms with Crippen LogP contribution in [0, 0.1) is 6.92 Å². The average Bonchev–Trinajstić information content (AvgIpc) is 2.95. The lowest BCUT2D eigenvalue weighted by Gasteiger charge is -2.35. The zero-order valence-electron chi connectivity index (χ0n) is 25.4. The molecular weight excluding hydrogens is 554 g/mol. The Kier molecular flexibility index (Phi) is 10.6. The highest BCUT2D eigenvalue weighted by molar-refractivity contribution is 7.92. The SMILES string of the molecule is CCC(C(=O)NC(C)(C)C)N(Cc1ccccc1)C(=O)CN(c1cc(OC)ccc1OC)S(=O)(=O)c1ccc(C)cc1. The highest BCUT2D eigenvalue weighted by Crippen LogP contribution is 2.36. The van der Waals surface area contributed by atoms with E-state index in [2.05, 4.69) is 5.32 Å². The number of sulfonamides is 1. The van der Waals surface area contributed by atoms with Gasteiger partial charge in [0.05, 0.1) is 24.8 Å². The molecular formula is C32H41N3O6S. The van der Waals surface area contributed by atoms with Crippen molar-refractivity contribution in [2.24, 2.45) is 0 Å². The lowest BCUT2D eigenvalue weighted by Crippen LogP contribution is -2.55. The second-order valence-corrected chi connectivity index (χ2v) is 12.9. The normalized spacial score (nSPS) is 12.3. The number of methoxy groups -OCH3 is 2. The molecule has 0 saturated heterocycles. The molecule has 0 aliphatic carbocycles. The Balaban J connectivity index is 2.15. The molecule has 0 aliphatic heterocycles. The molecule has 10 heteroatoms. The Morgan fingerprint density at radius 2 is 1.57 bits per heavy atom. The van der Waals surface area contributed by atoms with Gasteiger partial charge in [-0.1, -0.05) is 55.0 Å². The predicted molar refractivity (Wildman–Crippen MR) is 164 cm³/mol. The van der Waals surface area contributed by atoms with Crippen molar-refractivity contribution in [3.63, 3.8) is 0 Å². The summed E-state index contributed by atoms with van der Waals surface area (Å²) >= 11 is 0. The first-order valence-electron chi connectivity index (χ1n) is 13.8. The zero-order chi connectivity index (χ0) is 31.1. The number of rotatable bonds is 12. The fourth-order valence-corrected chi connectivity index (χ4v) is 5.91. The van der Waals surface area contributed by atoms with E-state index in [9.17, 15) is 18.0 Å². The largest absolute Gasteiger partial charge is 0.497 e. The molecule has 0 aliphatic rings. The average molecular weight is 596 g/mol. The van der Waals surface area contributed by atoms with E-state index in [0.717, 1.165) is 15.4 Å². The summed E-state index contributed by atoms with van der Waals surface area (Å²) in [7, 11) is -1.37. The number of hydrogen-bond donors (Lipinski definition) is 1. The van der Waals surface area contributed by atoms with E-state index >= 15 is 0 Å². The van der Waals surface area contributed by atoms with E-state index in [1.54, 1.807) is 24.3 Å². The van der Waals surface area contributed by atoms with E-state index < -0.39 is 34.1 Å². The van der Waals surface area contributed by atoms with Gasteiger partial charge in [0.15, 0.2) is 0 Å². The van der Waals surface area contributed by atoms with E-state index in [1.807, 2.05) is 65.0 Å². The van der Waals surface area contributed by atoms with Crippen LogP contribution >= 0.6 is 0 Å². The maximum Gasteiger partial charge on any atom is 0.264 e. The van der Waals surface area contributed by atoms with Gasteiger partial charge >= 0.3 is 0 Å². The molecule has 0 spiro atoms. The van der Waals surface area contributed by atoms with Gasteiger partial charge in [0.1, 0.15) is 24.1 Å². The van der Waals surface area contributed by atoms with Crippen molar-refractivity contribution in [2.75, 3.05) is 25.1 Å². The molecule has 0 fully saturated rings. The van der Waals surface area contributed by atoms with Gasteiger partial charge in [0.25, 0.3) is 10.0 Å². The van der Waals surface area contributed by atoms with E-state index in [4.69, 9.17) is 9.47 Å². The number of nitrogens with zero attached hydrogens (tertiary/aromatic N) is 2. The van der Waals surface area contributed by atoms with Crippen LogP contribution in [0.15, 0.2) is 77.7 Å². The van der Waals surface area contributed by atoms with Gasteiger partial charge in [-0.3, -0.25) is 13.9 Å². The second-order valence-electron chi connectivity index (χ2n) is 11.0. The number of amides is 2. The molecule has 1 N–H and O–H groups in total. The minimum Gasteiger partial charge on any atom is -0.497 e. The highest BCUT2D eigenvalue weighted by Gasteiger charge is 2.35. The molecule has 0 saturated carbocycles. The number of nitrogens with one attached hydrogen (secondary N) is 1. The summed E-state index contributed by atoms with van der Waals surface area (Å²) in [5.41, 5.74) is 1.30. The first-order valence-corrected chi connectivity index (χ1v) is 15.2. The Hall–Kier alpha value is -4.05. The molecule has 1 atom stereocenters. The Morgan fingerprint density at radius 3 is 2.12 bits per heavy atom. The van der Waals surface area contributed by atoms with Crippen LogP contribution in [-0.4, -0.2) is 57.5 Å². The van der Waals surface area contributed by atoms with Crippen molar-refractivity contribution >= 4 is 27.5 Å². The zero-order valence-corrected chi connectivity index (χ0v) is 26.2. The molecule has 226 valence electrons. The van der Waals surface area contributed by atoms with Crippen LogP contribution in [0.25, 0.3) is 0 Å². The molecule has 42 heavy (non-hydrogen) atoms. The molecule has 0 bridgehead atoms. The van der Waals surface area contributed by atoms with Crippen molar-refractivity contribution < 1.29 is 27.5 Å². The minimum absolute atomic E-state index is 0.0119. The van der Waals surface area contributed by atoms with Crippen molar-refractivity contribution in [2.45, 2.75) is 64.1 Å². The number of carbonyl (C=O) groups excluding carboxylic acids is 2. The van der Waals surface area contributed by atoms with Gasteiger partial charge < -0.3 is 19.7 Å². The molecule has 3 aromatic rings. The maximum absolute atomic E-state index is 14.3. The fourth-order valence-electron chi connectivity index (χ4n) is 4.49. The molecule has 0 aromatic heterocycles. The van der Waals surface area contributed by atoms with Crippen molar-refractivity contribution in [1.29, 1.82) is 0 Å². The highest BCUT2D eigenvalue weighted by atomic mass is 32.2. The van der Waals surface area contributed by atoms with E-state index in [1.165, 1.54) is 37.3 Å². The van der Waals surface area contributed by atoms with Gasteiger partial charge in [-0.15, -0.1) is 0 Å². The number of carbonyl (C=O) groups is 2. The predicted octanol–water partition coefficient (Wildman–Crippen LogP) is 4.93. The van der Waals surface area contributed by atoms with Crippen LogP contribution in [0.5, 0.6) is 11.5 Å². The van der Waals surface area contributed by atoms with Gasteiger partial charge in [-0.2, -0.15) is 0 Å². The summed E-state index contributed by atoms with van der Waals surface area (Å²) in [5, 5.41) is 2.97. The van der Waals surface area contributed by atoms with E-state index in [0.29, 0.717) is 12.2 Å². The van der Waals surface area contributed by atoms with Crippen molar-refractivity contribution in [3.8, 4) is 11.5 Å². The van der Waals surface area contributed by atoms with Crippen LogP contribution in [-0.2, 0) is 26.2 Å². The van der Waals surface area contributed by atoms with Crippen LogP contribution in [0.1, 0.15) is 45.2 Å². The van der Waals surface area contributed by atoms with Crippen LogP contribution in [0.3, 0.4) is 0 Å². The quantitative estimate of drug-likeness (QED) is 0.318. The van der Waals surface area contributed by atoms with Crippen molar-refractivity contribution in [3.05, 3.63) is 83.9 Å². The lowest BCUT2D eigenvalue weighted by molar-refractivity contribution is -0.141. The second kappa shape index (κ2) is 13.7. The topological polar surface area (TPSA) is 105 Å². The fraction of sp³-hybridized carbons (Fsp3) is 0.375. The van der Waals surface area contributed by atoms with Crippen molar-refractivity contribution in [1.82, 2.24) is 10.2 Å². The molecule has 3 rings (SSSR count). The lowest BCUT2D eigenvalue weighted by atomic mass is 10.1. The summed E-state index contributed by atoms with van der Waals surface area (Å²) < 4.78 is 40.3. The van der Waals surface area contributed by atoms with Gasteiger partial charge in [-0.25, -0.2) is 8.42 Å². The Labute approximate surface area is 249 Å². The third-order valence-electron chi connectivity index (χ3n) is 6.62. The van der Waals surface area contributed by atoms with Crippen LogP contribution < -0.4 is 19.1 Å². The first kappa shape index (κ1) is 32.5. The monoisotopic (exact) mass is 595 g/mol. The molecule has 0 radical (unpaired) electrons. The number of anilines is 1. The molecule has 1 unspecified atom stereocenters. The number of ether oxygens (including phenoxy) is 2. The van der Waals surface area contributed by atoms with Gasteiger partial charge in [0.2, 0.25) is 11.8 Å². The van der Waals surface area contributed by atoms with E-state index in [-0.39, 0.29) is 28.8 Å². The first-order chi connectivity index (χ1) is 19.8. The smallest absolute Gasteiger partial charge is 0.264 e. The third-order valence-corrected chi connectivity index (χ3v) is 8.40. The van der Waals surface area contributed by atoms with Crippen LogP contribution in [0.2, 0.25) is 0 Å². The summed E-state index contributed by atoms with van der Waals surface area (Å²) in [6.45, 7) is 8.82. The van der Waals surface area contributed by atoms with Gasteiger partial charge in [-0.05, 0) is 63.9 Å². The molecule has 0 heterocycles. The molecule has 2 amide bonds.